The number of halogens is 1. The van der Waals surface area contributed by atoms with Crippen molar-refractivity contribution in [3.8, 4) is 5.75 Å². The third-order valence-electron chi connectivity index (χ3n) is 2.69. The van der Waals surface area contributed by atoms with Gasteiger partial charge < -0.3 is 14.0 Å². The first-order valence-corrected chi connectivity index (χ1v) is 6.71. The van der Waals surface area contributed by atoms with Crippen molar-refractivity contribution in [1.82, 2.24) is 4.57 Å². The molecule has 5 heteroatoms. The van der Waals surface area contributed by atoms with Crippen molar-refractivity contribution in [3.05, 3.63) is 30.5 Å². The van der Waals surface area contributed by atoms with E-state index in [4.69, 9.17) is 21.1 Å². The minimum absolute atomic E-state index is 0.221. The van der Waals surface area contributed by atoms with E-state index in [1.54, 1.807) is 6.92 Å². The van der Waals surface area contributed by atoms with Crippen molar-refractivity contribution in [2.24, 2.45) is 0 Å². The summed E-state index contributed by atoms with van der Waals surface area (Å²) in [4.78, 5) is 11.5. The highest BCUT2D eigenvalue weighted by Gasteiger charge is 2.07. The van der Waals surface area contributed by atoms with Crippen molar-refractivity contribution in [3.63, 3.8) is 0 Å². The van der Waals surface area contributed by atoms with Gasteiger partial charge >= 0.3 is 5.97 Å². The number of ether oxygens (including phenoxy) is 2. The molecule has 0 unspecified atom stereocenters. The van der Waals surface area contributed by atoms with Crippen LogP contribution < -0.4 is 4.74 Å². The number of alkyl halides is 1. The minimum atomic E-state index is -0.234. The molecule has 102 valence electrons. The van der Waals surface area contributed by atoms with Crippen LogP contribution in [-0.2, 0) is 16.1 Å². The van der Waals surface area contributed by atoms with Crippen molar-refractivity contribution >= 4 is 28.5 Å². The van der Waals surface area contributed by atoms with Crippen LogP contribution in [0, 0.1) is 0 Å². The Kier molecular flexibility index (Phi) is 4.68. The predicted molar refractivity (Wildman–Crippen MR) is 74.8 cm³/mol. The fraction of sp³-hybridized carbons (Fsp3) is 0.357. The summed E-state index contributed by atoms with van der Waals surface area (Å²) in [7, 11) is 0. The van der Waals surface area contributed by atoms with Crippen LogP contribution in [0.4, 0.5) is 0 Å². The number of fused-ring (bicyclic) bond motifs is 1. The van der Waals surface area contributed by atoms with E-state index in [0.717, 1.165) is 16.7 Å². The number of benzene rings is 1. The monoisotopic (exact) mass is 281 g/mol. The van der Waals surface area contributed by atoms with E-state index in [-0.39, 0.29) is 12.5 Å². The SMILES string of the molecule is CCOC(=O)Cn1ccc2cc(OCCCl)ccc21. The Bertz CT molecular complexity index is 565. The van der Waals surface area contributed by atoms with E-state index in [1.165, 1.54) is 0 Å². The Hall–Kier alpha value is -1.68. The van der Waals surface area contributed by atoms with Crippen LogP contribution in [0.25, 0.3) is 10.9 Å². The molecule has 19 heavy (non-hydrogen) atoms. The third-order valence-corrected chi connectivity index (χ3v) is 2.85. The first-order valence-electron chi connectivity index (χ1n) is 6.18. The van der Waals surface area contributed by atoms with Gasteiger partial charge in [0.2, 0.25) is 0 Å². The molecular formula is C14H16ClNO3. The predicted octanol–water partition coefficient (Wildman–Crippen LogP) is 2.82. The Morgan fingerprint density at radius 2 is 2.21 bits per heavy atom. The van der Waals surface area contributed by atoms with E-state index < -0.39 is 0 Å². The van der Waals surface area contributed by atoms with Gasteiger partial charge in [0.1, 0.15) is 18.9 Å². The number of rotatable bonds is 6. The van der Waals surface area contributed by atoms with Gasteiger partial charge in [0, 0.05) is 17.1 Å². The zero-order valence-electron chi connectivity index (χ0n) is 10.8. The highest BCUT2D eigenvalue weighted by Crippen LogP contribution is 2.22. The molecule has 0 aliphatic rings. The lowest BCUT2D eigenvalue weighted by Crippen LogP contribution is -2.12. The van der Waals surface area contributed by atoms with Gasteiger partial charge in [0.15, 0.2) is 0 Å². The highest BCUT2D eigenvalue weighted by atomic mass is 35.5. The molecule has 0 spiro atoms. The van der Waals surface area contributed by atoms with E-state index >= 15 is 0 Å². The number of nitrogens with zero attached hydrogens (tertiary/aromatic N) is 1. The first kappa shape index (κ1) is 13.7. The van der Waals surface area contributed by atoms with Crippen LogP contribution in [0.15, 0.2) is 30.5 Å². The lowest BCUT2D eigenvalue weighted by Gasteiger charge is -2.07. The summed E-state index contributed by atoms with van der Waals surface area (Å²) in [5.74, 6) is 1.01. The Balaban J connectivity index is 2.17. The molecule has 0 aliphatic carbocycles. The van der Waals surface area contributed by atoms with E-state index in [2.05, 4.69) is 0 Å². The van der Waals surface area contributed by atoms with Gasteiger partial charge in [-0.05, 0) is 31.2 Å². The van der Waals surface area contributed by atoms with Crippen LogP contribution in [0.5, 0.6) is 5.75 Å². The summed E-state index contributed by atoms with van der Waals surface area (Å²) in [6.45, 7) is 2.90. The molecule has 0 saturated heterocycles. The fourth-order valence-electron chi connectivity index (χ4n) is 1.91. The molecule has 1 heterocycles. The van der Waals surface area contributed by atoms with Gasteiger partial charge in [-0.3, -0.25) is 4.79 Å². The van der Waals surface area contributed by atoms with Gasteiger partial charge in [-0.15, -0.1) is 11.6 Å². The average Bonchev–Trinajstić information content (AvgIpc) is 2.79. The molecule has 0 fully saturated rings. The molecule has 0 radical (unpaired) electrons. The summed E-state index contributed by atoms with van der Waals surface area (Å²) in [6.07, 6.45) is 1.87. The van der Waals surface area contributed by atoms with E-state index in [9.17, 15) is 4.79 Å². The van der Waals surface area contributed by atoms with Crippen molar-refractivity contribution in [1.29, 1.82) is 0 Å². The number of aromatic nitrogens is 1. The van der Waals surface area contributed by atoms with E-state index in [1.807, 2.05) is 35.0 Å². The molecule has 0 bridgehead atoms. The molecule has 0 atom stereocenters. The van der Waals surface area contributed by atoms with Gasteiger partial charge in [-0.2, -0.15) is 0 Å². The first-order chi connectivity index (χ1) is 9.24. The summed E-state index contributed by atoms with van der Waals surface area (Å²) >= 11 is 5.58. The summed E-state index contributed by atoms with van der Waals surface area (Å²) in [5, 5.41) is 1.02. The molecule has 0 saturated carbocycles. The minimum Gasteiger partial charge on any atom is -0.492 e. The van der Waals surface area contributed by atoms with Crippen molar-refractivity contribution < 1.29 is 14.3 Å². The number of carbonyl (C=O) groups excluding carboxylic acids is 1. The molecule has 1 aromatic carbocycles. The second kappa shape index (κ2) is 6.48. The van der Waals surface area contributed by atoms with Crippen LogP contribution in [0.2, 0.25) is 0 Å². The maximum Gasteiger partial charge on any atom is 0.325 e. The molecule has 2 aromatic rings. The van der Waals surface area contributed by atoms with Gasteiger partial charge in [-0.1, -0.05) is 0 Å². The van der Waals surface area contributed by atoms with Gasteiger partial charge in [0.05, 0.1) is 12.5 Å². The van der Waals surface area contributed by atoms with Crippen molar-refractivity contribution in [2.45, 2.75) is 13.5 Å². The number of esters is 1. The summed E-state index contributed by atoms with van der Waals surface area (Å²) in [5.41, 5.74) is 0.978. The van der Waals surface area contributed by atoms with Crippen LogP contribution >= 0.6 is 11.6 Å². The molecule has 0 amide bonds. The van der Waals surface area contributed by atoms with Crippen LogP contribution in [-0.4, -0.2) is 29.6 Å². The molecule has 1 aromatic heterocycles. The maximum absolute atomic E-state index is 11.5. The molecular weight excluding hydrogens is 266 g/mol. The zero-order valence-corrected chi connectivity index (χ0v) is 11.5. The lowest BCUT2D eigenvalue weighted by molar-refractivity contribution is -0.143. The fourth-order valence-corrected chi connectivity index (χ4v) is 1.99. The normalized spacial score (nSPS) is 10.6. The topological polar surface area (TPSA) is 40.5 Å². The van der Waals surface area contributed by atoms with Crippen molar-refractivity contribution in [2.75, 3.05) is 19.1 Å². The molecule has 2 rings (SSSR count). The highest BCUT2D eigenvalue weighted by molar-refractivity contribution is 6.18. The van der Waals surface area contributed by atoms with Crippen LogP contribution in [0.3, 0.4) is 0 Å². The number of hydrogen-bond donors (Lipinski definition) is 0. The van der Waals surface area contributed by atoms with Crippen LogP contribution in [0.1, 0.15) is 6.92 Å². The average molecular weight is 282 g/mol. The van der Waals surface area contributed by atoms with E-state index in [0.29, 0.717) is 19.1 Å². The number of carbonyl (C=O) groups is 1. The summed E-state index contributed by atoms with van der Waals surface area (Å²) < 4.78 is 12.3. The van der Waals surface area contributed by atoms with Gasteiger partial charge in [0.25, 0.3) is 0 Å². The largest absolute Gasteiger partial charge is 0.492 e. The lowest BCUT2D eigenvalue weighted by atomic mass is 10.2. The smallest absolute Gasteiger partial charge is 0.325 e. The number of hydrogen-bond acceptors (Lipinski definition) is 3. The summed E-state index contributed by atoms with van der Waals surface area (Å²) in [6, 6.07) is 7.68. The molecule has 0 N–H and O–H groups in total. The quantitative estimate of drug-likeness (QED) is 0.604. The maximum atomic E-state index is 11.5. The second-order valence-electron chi connectivity index (χ2n) is 4.01. The second-order valence-corrected chi connectivity index (χ2v) is 4.38. The van der Waals surface area contributed by atoms with Gasteiger partial charge in [-0.25, -0.2) is 0 Å². The zero-order chi connectivity index (χ0) is 13.7. The third kappa shape index (κ3) is 3.41. The molecule has 4 nitrogen and oxygen atoms in total. The Morgan fingerprint density at radius 1 is 1.37 bits per heavy atom. The molecule has 0 aliphatic heterocycles. The Labute approximate surface area is 116 Å². The Morgan fingerprint density at radius 3 is 2.95 bits per heavy atom. The standard InChI is InChI=1S/C14H16ClNO3/c1-2-18-14(17)10-16-7-5-11-9-12(19-8-6-15)3-4-13(11)16/h3-5,7,9H,2,6,8,10H2,1H3.